The molecule has 0 radical (unpaired) electrons. The van der Waals surface area contributed by atoms with Gasteiger partial charge in [0.1, 0.15) is 5.82 Å². The molecule has 0 spiro atoms. The summed E-state index contributed by atoms with van der Waals surface area (Å²) in [4.78, 5) is 2.87. The van der Waals surface area contributed by atoms with Crippen molar-refractivity contribution in [3.8, 4) is 16.8 Å². The van der Waals surface area contributed by atoms with E-state index in [0.717, 1.165) is 4.88 Å². The Kier molecular flexibility index (Phi) is 6.07. The van der Waals surface area contributed by atoms with Crippen molar-refractivity contribution in [1.29, 1.82) is 5.26 Å². The molecule has 1 aromatic carbocycles. The molecule has 0 bridgehead atoms. The molecule has 134 valence electrons. The third kappa shape index (κ3) is 4.52. The lowest BCUT2D eigenvalue weighted by molar-refractivity contribution is 0.133. The van der Waals surface area contributed by atoms with E-state index in [1.54, 1.807) is 19.2 Å². The lowest BCUT2D eigenvalue weighted by atomic mass is 10.1. The van der Waals surface area contributed by atoms with Crippen molar-refractivity contribution in [2.45, 2.75) is 13.1 Å². The second-order valence-corrected chi connectivity index (χ2v) is 6.55. The van der Waals surface area contributed by atoms with Gasteiger partial charge in [-0.15, -0.1) is 21.5 Å². The van der Waals surface area contributed by atoms with Crippen molar-refractivity contribution in [3.63, 3.8) is 0 Å². The first-order valence-electron chi connectivity index (χ1n) is 7.95. The van der Waals surface area contributed by atoms with Crippen LogP contribution in [0.25, 0.3) is 10.8 Å². The fraction of sp³-hybridized carbons (Fsp3) is 0.278. The number of methoxy groups -OCH3 is 1. The molecule has 3 aromatic rings. The summed E-state index contributed by atoms with van der Waals surface area (Å²) in [5, 5.41) is 18.9. The van der Waals surface area contributed by atoms with E-state index >= 15 is 0 Å². The summed E-state index contributed by atoms with van der Waals surface area (Å²) < 4.78 is 25.0. The molecule has 8 heteroatoms. The minimum absolute atomic E-state index is 0.298. The SMILES string of the molecule is COCCN(Cc1nnc(-c2cccs2)o1)Cc1ccc(C#N)cc1F. The van der Waals surface area contributed by atoms with Crippen LogP contribution in [0.15, 0.2) is 40.1 Å². The van der Waals surface area contributed by atoms with Crippen LogP contribution in [-0.4, -0.2) is 35.4 Å². The van der Waals surface area contributed by atoms with E-state index in [9.17, 15) is 4.39 Å². The highest BCUT2D eigenvalue weighted by Gasteiger charge is 2.15. The van der Waals surface area contributed by atoms with Gasteiger partial charge in [-0.2, -0.15) is 5.26 Å². The number of ether oxygens (including phenoxy) is 1. The van der Waals surface area contributed by atoms with Crippen molar-refractivity contribution in [2.75, 3.05) is 20.3 Å². The highest BCUT2D eigenvalue weighted by Crippen LogP contribution is 2.23. The van der Waals surface area contributed by atoms with Crippen molar-refractivity contribution >= 4 is 11.3 Å². The van der Waals surface area contributed by atoms with E-state index in [4.69, 9.17) is 14.4 Å². The van der Waals surface area contributed by atoms with E-state index in [1.807, 2.05) is 28.5 Å². The molecular weight excluding hydrogens is 355 g/mol. The second kappa shape index (κ2) is 8.67. The summed E-state index contributed by atoms with van der Waals surface area (Å²) in [5.74, 6) is 0.529. The number of nitrogens with zero attached hydrogens (tertiary/aromatic N) is 4. The molecule has 0 aliphatic heterocycles. The van der Waals surface area contributed by atoms with E-state index in [1.165, 1.54) is 17.4 Å². The molecule has 3 rings (SSSR count). The summed E-state index contributed by atoms with van der Waals surface area (Å²) in [6, 6.07) is 10.2. The average Bonchev–Trinajstić information content (AvgIpc) is 3.32. The third-order valence-electron chi connectivity index (χ3n) is 3.75. The molecule has 2 aromatic heterocycles. The number of nitriles is 1. The summed E-state index contributed by atoms with van der Waals surface area (Å²) >= 11 is 1.52. The lowest BCUT2D eigenvalue weighted by Crippen LogP contribution is -2.27. The van der Waals surface area contributed by atoms with Gasteiger partial charge in [-0.1, -0.05) is 12.1 Å². The van der Waals surface area contributed by atoms with Gasteiger partial charge in [0.2, 0.25) is 5.89 Å². The van der Waals surface area contributed by atoms with Gasteiger partial charge in [0, 0.05) is 25.8 Å². The molecule has 26 heavy (non-hydrogen) atoms. The topological polar surface area (TPSA) is 75.2 Å². The van der Waals surface area contributed by atoms with Crippen molar-refractivity contribution in [1.82, 2.24) is 15.1 Å². The predicted octanol–water partition coefficient (Wildman–Crippen LogP) is 3.46. The molecule has 2 heterocycles. The number of benzene rings is 1. The van der Waals surface area contributed by atoms with Gasteiger partial charge in [0.25, 0.3) is 5.89 Å². The Morgan fingerprint density at radius 1 is 1.31 bits per heavy atom. The Hall–Kier alpha value is -2.60. The first-order valence-corrected chi connectivity index (χ1v) is 8.83. The molecule has 0 atom stereocenters. The lowest BCUT2D eigenvalue weighted by Gasteiger charge is -2.20. The van der Waals surface area contributed by atoms with Crippen LogP contribution in [0, 0.1) is 17.1 Å². The van der Waals surface area contributed by atoms with Gasteiger partial charge in [0.15, 0.2) is 0 Å². The summed E-state index contributed by atoms with van der Waals surface area (Å²) in [6.07, 6.45) is 0. The summed E-state index contributed by atoms with van der Waals surface area (Å²) in [7, 11) is 1.61. The van der Waals surface area contributed by atoms with Crippen molar-refractivity contribution < 1.29 is 13.5 Å². The number of rotatable bonds is 8. The summed E-state index contributed by atoms with van der Waals surface area (Å²) in [5.41, 5.74) is 0.797. The molecular formula is C18H17FN4O2S. The van der Waals surface area contributed by atoms with Gasteiger partial charge in [-0.25, -0.2) is 4.39 Å². The van der Waals surface area contributed by atoms with Crippen LogP contribution in [0.2, 0.25) is 0 Å². The van der Waals surface area contributed by atoms with E-state index < -0.39 is 5.82 Å². The maximum atomic E-state index is 14.2. The number of aromatic nitrogens is 2. The maximum Gasteiger partial charge on any atom is 0.257 e. The molecule has 0 unspecified atom stereocenters. The minimum Gasteiger partial charge on any atom is -0.419 e. The number of thiophene rings is 1. The Morgan fingerprint density at radius 3 is 2.88 bits per heavy atom. The molecule has 0 aliphatic carbocycles. The van der Waals surface area contributed by atoms with Crippen LogP contribution in [0.5, 0.6) is 0 Å². The number of hydrogen-bond donors (Lipinski definition) is 0. The normalized spacial score (nSPS) is 11.0. The zero-order valence-corrected chi connectivity index (χ0v) is 15.0. The number of halogens is 1. The van der Waals surface area contributed by atoms with E-state index in [2.05, 4.69) is 10.2 Å². The molecule has 0 amide bonds. The molecule has 6 nitrogen and oxygen atoms in total. The average molecular weight is 372 g/mol. The van der Waals surface area contributed by atoms with Gasteiger partial charge in [-0.05, 0) is 23.6 Å². The zero-order chi connectivity index (χ0) is 18.4. The molecule has 0 fully saturated rings. The Bertz CT molecular complexity index is 889. The fourth-order valence-corrected chi connectivity index (χ4v) is 3.07. The summed E-state index contributed by atoms with van der Waals surface area (Å²) in [6.45, 7) is 1.79. The Morgan fingerprint density at radius 2 is 2.19 bits per heavy atom. The quantitative estimate of drug-likeness (QED) is 0.603. The van der Waals surface area contributed by atoms with Gasteiger partial charge < -0.3 is 9.15 Å². The second-order valence-electron chi connectivity index (χ2n) is 5.60. The molecule has 0 aliphatic rings. The molecule has 0 N–H and O–H groups in total. The van der Waals surface area contributed by atoms with Crippen LogP contribution in [-0.2, 0) is 17.8 Å². The van der Waals surface area contributed by atoms with Gasteiger partial charge >= 0.3 is 0 Å². The highest BCUT2D eigenvalue weighted by atomic mass is 32.1. The Labute approximate surface area is 154 Å². The largest absolute Gasteiger partial charge is 0.419 e. The minimum atomic E-state index is -0.406. The van der Waals surface area contributed by atoms with Crippen LogP contribution in [0.3, 0.4) is 0 Å². The van der Waals surface area contributed by atoms with Crippen molar-refractivity contribution in [2.24, 2.45) is 0 Å². The van der Waals surface area contributed by atoms with Gasteiger partial charge in [0.05, 0.1) is 29.7 Å². The smallest absolute Gasteiger partial charge is 0.257 e. The van der Waals surface area contributed by atoms with Crippen molar-refractivity contribution in [3.05, 3.63) is 58.5 Å². The molecule has 0 saturated carbocycles. The first-order chi connectivity index (χ1) is 12.7. The van der Waals surface area contributed by atoms with E-state index in [-0.39, 0.29) is 0 Å². The predicted molar refractivity (Wildman–Crippen MR) is 94.7 cm³/mol. The Balaban J connectivity index is 1.73. The highest BCUT2D eigenvalue weighted by molar-refractivity contribution is 7.13. The number of hydrogen-bond acceptors (Lipinski definition) is 7. The van der Waals surface area contributed by atoms with Gasteiger partial charge in [-0.3, -0.25) is 4.90 Å². The first kappa shape index (κ1) is 18.2. The van der Waals surface area contributed by atoms with Crippen LogP contribution in [0.1, 0.15) is 17.0 Å². The monoisotopic (exact) mass is 372 g/mol. The fourth-order valence-electron chi connectivity index (χ4n) is 2.43. The van der Waals surface area contributed by atoms with E-state index in [0.29, 0.717) is 49.1 Å². The van der Waals surface area contributed by atoms with Crippen LogP contribution in [0.4, 0.5) is 4.39 Å². The third-order valence-corrected chi connectivity index (χ3v) is 4.60. The standard InChI is InChI=1S/C18H17FN4O2S/c1-24-7-6-23(11-14-5-4-13(10-20)9-15(14)19)12-17-21-22-18(25-17)16-3-2-8-26-16/h2-5,8-9H,6-7,11-12H2,1H3. The molecule has 0 saturated heterocycles. The zero-order valence-electron chi connectivity index (χ0n) is 14.2. The van der Waals surface area contributed by atoms with Crippen LogP contribution >= 0.6 is 11.3 Å². The maximum absolute atomic E-state index is 14.2. The van der Waals surface area contributed by atoms with Crippen LogP contribution < -0.4 is 0 Å².